The van der Waals surface area contributed by atoms with E-state index in [-0.39, 0.29) is 0 Å². The smallest absolute Gasteiger partial charge is 0.153 e. The van der Waals surface area contributed by atoms with Gasteiger partial charge in [-0.1, -0.05) is 6.92 Å². The Kier molecular flexibility index (Phi) is 6.70. The third-order valence-electron chi connectivity index (χ3n) is 5.63. The molecule has 1 aliphatic rings. The molecule has 0 aromatic carbocycles. The van der Waals surface area contributed by atoms with Gasteiger partial charge in [-0.15, -0.1) is 0 Å². The number of pyridine rings is 3. The Morgan fingerprint density at radius 1 is 1.06 bits per heavy atom. The number of halogens is 1. The molecule has 0 spiro atoms. The fraction of sp³-hybridized carbons (Fsp3) is 0.333. The Morgan fingerprint density at radius 2 is 1.88 bits per heavy atom. The van der Waals surface area contributed by atoms with Crippen molar-refractivity contribution in [3.63, 3.8) is 0 Å². The summed E-state index contributed by atoms with van der Waals surface area (Å²) in [5.41, 5.74) is 9.66. The highest BCUT2D eigenvalue weighted by Crippen LogP contribution is 2.22. The van der Waals surface area contributed by atoms with Crippen molar-refractivity contribution in [2.24, 2.45) is 10.7 Å². The van der Waals surface area contributed by atoms with E-state index < -0.39 is 5.82 Å². The van der Waals surface area contributed by atoms with E-state index >= 15 is 0 Å². The van der Waals surface area contributed by atoms with Crippen LogP contribution in [0, 0.1) is 12.7 Å². The first-order valence-corrected chi connectivity index (χ1v) is 10.9. The van der Waals surface area contributed by atoms with Crippen LogP contribution in [0.3, 0.4) is 0 Å². The summed E-state index contributed by atoms with van der Waals surface area (Å²) < 4.78 is 14.6. The zero-order valence-corrected chi connectivity index (χ0v) is 18.5. The summed E-state index contributed by atoms with van der Waals surface area (Å²) >= 11 is 0. The van der Waals surface area contributed by atoms with Crippen molar-refractivity contribution >= 4 is 17.3 Å². The van der Waals surface area contributed by atoms with Crippen molar-refractivity contribution in [2.45, 2.75) is 20.3 Å². The van der Waals surface area contributed by atoms with E-state index in [1.165, 1.54) is 6.07 Å². The summed E-state index contributed by atoms with van der Waals surface area (Å²) in [5, 5.41) is 0. The molecule has 0 amide bonds. The van der Waals surface area contributed by atoms with E-state index in [9.17, 15) is 4.39 Å². The summed E-state index contributed by atoms with van der Waals surface area (Å²) in [6, 6.07) is 8.88. The lowest BCUT2D eigenvalue weighted by Crippen LogP contribution is -2.46. The maximum Gasteiger partial charge on any atom is 0.153 e. The first-order chi connectivity index (χ1) is 15.5. The van der Waals surface area contributed by atoms with E-state index in [4.69, 9.17) is 5.73 Å². The second-order valence-corrected chi connectivity index (χ2v) is 7.94. The predicted molar refractivity (Wildman–Crippen MR) is 126 cm³/mol. The van der Waals surface area contributed by atoms with Crippen LogP contribution in [0.4, 0.5) is 15.9 Å². The monoisotopic (exact) mass is 433 g/mol. The fourth-order valence-corrected chi connectivity index (χ4v) is 3.83. The molecule has 3 aromatic rings. The molecule has 0 aliphatic carbocycles. The van der Waals surface area contributed by atoms with Crippen molar-refractivity contribution in [1.29, 1.82) is 0 Å². The molecule has 1 saturated heterocycles. The molecule has 0 unspecified atom stereocenters. The van der Waals surface area contributed by atoms with Gasteiger partial charge in [0.05, 0.1) is 11.9 Å². The lowest BCUT2D eigenvalue weighted by molar-refractivity contribution is 0.271. The molecule has 8 heteroatoms. The predicted octanol–water partition coefficient (Wildman–Crippen LogP) is 3.36. The number of aryl methyl sites for hydroxylation is 1. The number of hydrogen-bond acceptors (Lipinski definition) is 6. The molecular formula is C24H28FN7. The Morgan fingerprint density at radius 3 is 2.53 bits per heavy atom. The van der Waals surface area contributed by atoms with Crippen molar-refractivity contribution < 1.29 is 4.39 Å². The number of aliphatic imine (C=N–C) groups is 1. The molecular weight excluding hydrogens is 405 g/mol. The summed E-state index contributed by atoms with van der Waals surface area (Å²) in [6.45, 7) is 9.25. The molecule has 4 rings (SSSR count). The van der Waals surface area contributed by atoms with Crippen LogP contribution >= 0.6 is 0 Å². The number of anilines is 1. The van der Waals surface area contributed by atoms with Crippen LogP contribution in [0.1, 0.15) is 18.2 Å². The SMILES string of the molecule is CCN1CCN(c2ccc(N=C(N)Cc3cnc(-c4ccnc(C)c4)c(F)c3)nc2)CC1. The van der Waals surface area contributed by atoms with Crippen molar-refractivity contribution in [3.05, 3.63) is 66.0 Å². The number of likely N-dealkylation sites (N-methyl/N-ethyl adjacent to an activating group) is 1. The molecule has 3 aromatic heterocycles. The standard InChI is InChI=1S/C24H28FN7/c1-3-31-8-10-32(11-9-31)20-4-5-23(28-16-20)30-22(26)14-18-13-21(25)24(29-15-18)19-6-7-27-17(2)12-19/h4-7,12-13,15-16H,3,8-11,14H2,1-2H3,(H2,26,28,30). The first kappa shape index (κ1) is 21.8. The van der Waals surface area contributed by atoms with Crippen molar-refractivity contribution in [2.75, 3.05) is 37.6 Å². The number of nitrogens with zero attached hydrogens (tertiary/aromatic N) is 6. The van der Waals surface area contributed by atoms with Gasteiger partial charge in [0.2, 0.25) is 0 Å². The second-order valence-electron chi connectivity index (χ2n) is 7.94. The van der Waals surface area contributed by atoms with Gasteiger partial charge in [0, 0.05) is 56.3 Å². The highest BCUT2D eigenvalue weighted by atomic mass is 19.1. The zero-order chi connectivity index (χ0) is 22.5. The van der Waals surface area contributed by atoms with Crippen LogP contribution < -0.4 is 10.6 Å². The van der Waals surface area contributed by atoms with Crippen molar-refractivity contribution in [3.8, 4) is 11.3 Å². The molecule has 1 aliphatic heterocycles. The summed E-state index contributed by atoms with van der Waals surface area (Å²) in [7, 11) is 0. The normalized spacial score (nSPS) is 15.2. The van der Waals surface area contributed by atoms with Crippen LogP contribution in [0.5, 0.6) is 0 Å². The number of piperazine rings is 1. The van der Waals surface area contributed by atoms with E-state index in [1.54, 1.807) is 24.5 Å². The summed E-state index contributed by atoms with van der Waals surface area (Å²) in [4.78, 5) is 22.0. The lowest BCUT2D eigenvalue weighted by atomic mass is 10.1. The maximum absolute atomic E-state index is 14.6. The Hall–Kier alpha value is -3.39. The molecule has 0 saturated carbocycles. The molecule has 2 N–H and O–H groups in total. The van der Waals surface area contributed by atoms with E-state index in [2.05, 4.69) is 36.7 Å². The molecule has 4 heterocycles. The van der Waals surface area contributed by atoms with E-state index in [0.29, 0.717) is 34.9 Å². The van der Waals surface area contributed by atoms with Gasteiger partial charge in [-0.3, -0.25) is 9.97 Å². The maximum atomic E-state index is 14.6. The first-order valence-electron chi connectivity index (χ1n) is 10.9. The van der Waals surface area contributed by atoms with Crippen LogP contribution in [0.2, 0.25) is 0 Å². The van der Waals surface area contributed by atoms with Gasteiger partial charge in [0.15, 0.2) is 5.82 Å². The number of amidine groups is 1. The largest absolute Gasteiger partial charge is 0.387 e. The second kappa shape index (κ2) is 9.82. The minimum absolute atomic E-state index is 0.294. The van der Waals surface area contributed by atoms with Gasteiger partial charge < -0.3 is 15.5 Å². The molecule has 0 radical (unpaired) electrons. The van der Waals surface area contributed by atoms with E-state index in [0.717, 1.165) is 44.1 Å². The van der Waals surface area contributed by atoms with Gasteiger partial charge in [-0.05, 0) is 49.4 Å². The number of aromatic nitrogens is 3. The number of nitrogens with two attached hydrogens (primary N) is 1. The fourth-order valence-electron chi connectivity index (χ4n) is 3.83. The molecule has 0 atom stereocenters. The van der Waals surface area contributed by atoms with Crippen molar-refractivity contribution in [1.82, 2.24) is 19.9 Å². The van der Waals surface area contributed by atoms with Crippen LogP contribution in [0.25, 0.3) is 11.3 Å². The van der Waals surface area contributed by atoms with Gasteiger partial charge in [0.1, 0.15) is 17.3 Å². The molecule has 7 nitrogen and oxygen atoms in total. The quantitative estimate of drug-likeness (QED) is 0.474. The Labute approximate surface area is 187 Å². The third-order valence-corrected chi connectivity index (χ3v) is 5.63. The molecule has 0 bridgehead atoms. The number of rotatable bonds is 6. The average Bonchev–Trinajstić information content (AvgIpc) is 2.80. The topological polar surface area (TPSA) is 83.5 Å². The van der Waals surface area contributed by atoms with Gasteiger partial charge in [-0.25, -0.2) is 14.4 Å². The van der Waals surface area contributed by atoms with Gasteiger partial charge in [-0.2, -0.15) is 0 Å². The lowest BCUT2D eigenvalue weighted by Gasteiger charge is -2.35. The molecule has 32 heavy (non-hydrogen) atoms. The Bertz CT molecular complexity index is 1090. The summed E-state index contributed by atoms with van der Waals surface area (Å²) in [6.07, 6.45) is 5.40. The van der Waals surface area contributed by atoms with Crippen LogP contribution in [-0.2, 0) is 6.42 Å². The minimum Gasteiger partial charge on any atom is -0.387 e. The average molecular weight is 434 g/mol. The molecule has 166 valence electrons. The highest BCUT2D eigenvalue weighted by molar-refractivity contribution is 5.84. The van der Waals surface area contributed by atoms with Crippen LogP contribution in [0.15, 0.2) is 53.9 Å². The van der Waals surface area contributed by atoms with Gasteiger partial charge in [0.25, 0.3) is 0 Å². The third kappa shape index (κ3) is 5.26. The van der Waals surface area contributed by atoms with Gasteiger partial charge >= 0.3 is 0 Å². The summed E-state index contributed by atoms with van der Waals surface area (Å²) in [5.74, 6) is 0.498. The van der Waals surface area contributed by atoms with Crippen LogP contribution in [-0.4, -0.2) is 58.4 Å². The molecule has 1 fully saturated rings. The van der Waals surface area contributed by atoms with E-state index in [1.807, 2.05) is 25.3 Å². The minimum atomic E-state index is -0.397. The highest BCUT2D eigenvalue weighted by Gasteiger charge is 2.16. The Balaban J connectivity index is 1.41. The number of hydrogen-bond donors (Lipinski definition) is 1. The zero-order valence-electron chi connectivity index (χ0n) is 18.5.